The molecule has 0 saturated carbocycles. The van der Waals surface area contributed by atoms with E-state index in [4.69, 9.17) is 18.0 Å². The zero-order chi connectivity index (χ0) is 13.2. The number of anilines is 1. The van der Waals surface area contributed by atoms with Crippen LogP contribution in [0, 0.1) is 28.3 Å². The monoisotopic (exact) mass is 256 g/mol. The maximum absolute atomic E-state index is 13.1. The van der Waals surface area contributed by atoms with Gasteiger partial charge in [0.1, 0.15) is 11.5 Å². The highest BCUT2D eigenvalue weighted by Crippen LogP contribution is 2.31. The van der Waals surface area contributed by atoms with E-state index >= 15 is 0 Å². The number of nitrogens with zero attached hydrogens (tertiary/aromatic N) is 1. The Balaban J connectivity index is 3.28. The molecule has 0 heterocycles. The summed E-state index contributed by atoms with van der Waals surface area (Å²) in [5.41, 5.74) is -1.12. The van der Waals surface area contributed by atoms with Crippen molar-refractivity contribution in [1.29, 1.82) is 0 Å². The van der Waals surface area contributed by atoms with E-state index in [-0.39, 0.29) is 10.7 Å². The highest BCUT2D eigenvalue weighted by molar-refractivity contribution is 6.31. The first-order valence-electron chi connectivity index (χ1n) is 4.66. The average molecular weight is 257 g/mol. The lowest BCUT2D eigenvalue weighted by atomic mass is 10.1. The zero-order valence-electron chi connectivity index (χ0n) is 9.25. The summed E-state index contributed by atoms with van der Waals surface area (Å²) in [5, 5.41) is 13.3. The van der Waals surface area contributed by atoms with E-state index in [1.165, 1.54) is 0 Å². The molecule has 4 nitrogen and oxygen atoms in total. The molecule has 0 radical (unpaired) electrons. The van der Waals surface area contributed by atoms with Gasteiger partial charge in [0.05, 0.1) is 21.6 Å². The van der Waals surface area contributed by atoms with E-state index < -0.39 is 22.0 Å². The molecule has 0 bridgehead atoms. The van der Waals surface area contributed by atoms with E-state index in [9.17, 15) is 14.5 Å². The van der Waals surface area contributed by atoms with Crippen LogP contribution in [0.1, 0.15) is 13.8 Å². The van der Waals surface area contributed by atoms with Crippen LogP contribution in [0.4, 0.5) is 15.8 Å². The van der Waals surface area contributed by atoms with Gasteiger partial charge in [-0.1, -0.05) is 17.5 Å². The van der Waals surface area contributed by atoms with Gasteiger partial charge in [-0.2, -0.15) is 0 Å². The Morgan fingerprint density at radius 1 is 1.59 bits per heavy atom. The Morgan fingerprint density at radius 2 is 2.18 bits per heavy atom. The highest BCUT2D eigenvalue weighted by atomic mass is 35.5. The topological polar surface area (TPSA) is 55.2 Å². The first-order valence-corrected chi connectivity index (χ1v) is 5.04. The van der Waals surface area contributed by atoms with E-state index in [0.29, 0.717) is 0 Å². The molecule has 1 aromatic carbocycles. The molecule has 0 aromatic heterocycles. The SMILES string of the molecule is C#CC(C)(C)Nc1cc(Cl)c(F)cc1[N+](=O)[O-]. The van der Waals surface area contributed by atoms with Gasteiger partial charge in [0.2, 0.25) is 0 Å². The molecule has 0 aliphatic heterocycles. The van der Waals surface area contributed by atoms with E-state index in [0.717, 1.165) is 12.1 Å². The lowest BCUT2D eigenvalue weighted by Gasteiger charge is -2.21. The predicted molar refractivity (Wildman–Crippen MR) is 64.6 cm³/mol. The fraction of sp³-hybridized carbons (Fsp3) is 0.273. The molecule has 0 spiro atoms. The van der Waals surface area contributed by atoms with Gasteiger partial charge in [-0.25, -0.2) is 4.39 Å². The summed E-state index contributed by atoms with van der Waals surface area (Å²) >= 11 is 5.57. The molecule has 0 aliphatic carbocycles. The Kier molecular flexibility index (Phi) is 3.59. The van der Waals surface area contributed by atoms with E-state index in [1.54, 1.807) is 13.8 Å². The summed E-state index contributed by atoms with van der Waals surface area (Å²) in [6.07, 6.45) is 5.26. The largest absolute Gasteiger partial charge is 0.364 e. The van der Waals surface area contributed by atoms with Crippen LogP contribution in [0.5, 0.6) is 0 Å². The summed E-state index contributed by atoms with van der Waals surface area (Å²) in [4.78, 5) is 10.1. The normalized spacial score (nSPS) is 10.8. The molecular weight excluding hydrogens is 247 g/mol. The first kappa shape index (κ1) is 13.3. The molecule has 0 saturated heterocycles. The second-order valence-corrected chi connectivity index (χ2v) is 4.34. The molecule has 90 valence electrons. The number of nitrogens with one attached hydrogen (secondary N) is 1. The van der Waals surface area contributed by atoms with Gasteiger partial charge in [0, 0.05) is 0 Å². The quantitative estimate of drug-likeness (QED) is 0.513. The first-order chi connectivity index (χ1) is 7.76. The van der Waals surface area contributed by atoms with Gasteiger partial charge in [0.25, 0.3) is 5.69 Å². The molecule has 1 rings (SSSR count). The van der Waals surface area contributed by atoms with Crippen LogP contribution in [-0.4, -0.2) is 10.5 Å². The predicted octanol–water partition coefficient (Wildman–Crippen LogP) is 3.21. The van der Waals surface area contributed by atoms with Crippen molar-refractivity contribution >= 4 is 23.0 Å². The van der Waals surface area contributed by atoms with Crippen LogP contribution in [0.3, 0.4) is 0 Å². The third kappa shape index (κ3) is 3.08. The minimum atomic E-state index is -0.845. The molecule has 1 N–H and O–H groups in total. The Bertz CT molecular complexity index is 509. The maximum atomic E-state index is 13.1. The molecule has 6 heteroatoms. The molecule has 0 fully saturated rings. The van der Waals surface area contributed by atoms with Gasteiger partial charge >= 0.3 is 0 Å². The maximum Gasteiger partial charge on any atom is 0.295 e. The van der Waals surface area contributed by atoms with Crippen molar-refractivity contribution in [3.8, 4) is 12.3 Å². The molecule has 0 aliphatic rings. The highest BCUT2D eigenvalue weighted by Gasteiger charge is 2.22. The smallest absolute Gasteiger partial charge is 0.295 e. The fourth-order valence-electron chi connectivity index (χ4n) is 1.16. The lowest BCUT2D eigenvalue weighted by Crippen LogP contribution is -2.28. The number of nitro benzene ring substituents is 1. The van der Waals surface area contributed by atoms with Crippen molar-refractivity contribution in [3.05, 3.63) is 33.1 Å². The van der Waals surface area contributed by atoms with E-state index in [2.05, 4.69) is 11.2 Å². The standard InChI is InChI=1S/C11H10ClFN2O2/c1-4-11(2,3)14-9-5-7(12)8(13)6-10(9)15(16)17/h1,5-6,14H,2-3H3. The second kappa shape index (κ2) is 4.60. The molecule has 17 heavy (non-hydrogen) atoms. The fourth-order valence-corrected chi connectivity index (χ4v) is 1.32. The molecule has 0 amide bonds. The van der Waals surface area contributed by atoms with Crippen LogP contribution in [0.25, 0.3) is 0 Å². The number of rotatable bonds is 3. The summed E-state index contributed by atoms with van der Waals surface area (Å²) in [7, 11) is 0. The molecule has 0 atom stereocenters. The van der Waals surface area contributed by atoms with Gasteiger partial charge in [0.15, 0.2) is 0 Å². The Labute approximate surface area is 103 Å². The van der Waals surface area contributed by atoms with Crippen molar-refractivity contribution < 1.29 is 9.31 Å². The van der Waals surface area contributed by atoms with Gasteiger partial charge in [-0.05, 0) is 19.9 Å². The van der Waals surface area contributed by atoms with Gasteiger partial charge in [-0.15, -0.1) is 6.42 Å². The minimum Gasteiger partial charge on any atom is -0.364 e. The number of terminal acetylenes is 1. The van der Waals surface area contributed by atoms with Crippen LogP contribution in [0.15, 0.2) is 12.1 Å². The Morgan fingerprint density at radius 3 is 2.65 bits per heavy atom. The van der Waals surface area contributed by atoms with Gasteiger partial charge in [-0.3, -0.25) is 10.1 Å². The van der Waals surface area contributed by atoms with Crippen molar-refractivity contribution in [2.24, 2.45) is 0 Å². The summed E-state index contributed by atoms with van der Waals surface area (Å²) < 4.78 is 13.1. The van der Waals surface area contributed by atoms with Crippen LogP contribution in [-0.2, 0) is 0 Å². The third-order valence-electron chi connectivity index (χ3n) is 2.04. The summed E-state index contributed by atoms with van der Waals surface area (Å²) in [5.74, 6) is 1.57. The summed E-state index contributed by atoms with van der Waals surface area (Å²) in [6, 6.07) is 1.91. The number of nitro groups is 1. The number of benzene rings is 1. The Hall–Kier alpha value is -1.80. The minimum absolute atomic E-state index is 0.0874. The van der Waals surface area contributed by atoms with Gasteiger partial charge < -0.3 is 5.32 Å². The van der Waals surface area contributed by atoms with Crippen LogP contribution >= 0.6 is 11.6 Å². The van der Waals surface area contributed by atoms with Crippen LogP contribution in [0.2, 0.25) is 5.02 Å². The third-order valence-corrected chi connectivity index (χ3v) is 2.33. The average Bonchev–Trinajstić information content (AvgIpc) is 2.22. The number of hydrogen-bond acceptors (Lipinski definition) is 3. The lowest BCUT2D eigenvalue weighted by molar-refractivity contribution is -0.384. The number of halogens is 2. The second-order valence-electron chi connectivity index (χ2n) is 3.93. The molecule has 1 aromatic rings. The van der Waals surface area contributed by atoms with Crippen molar-refractivity contribution in [1.82, 2.24) is 0 Å². The van der Waals surface area contributed by atoms with Crippen molar-refractivity contribution in [2.45, 2.75) is 19.4 Å². The summed E-state index contributed by atoms with van der Waals surface area (Å²) in [6.45, 7) is 3.32. The van der Waals surface area contributed by atoms with Crippen LogP contribution < -0.4 is 5.32 Å². The molecule has 0 unspecified atom stereocenters. The van der Waals surface area contributed by atoms with Crippen molar-refractivity contribution in [2.75, 3.05) is 5.32 Å². The van der Waals surface area contributed by atoms with E-state index in [1.807, 2.05) is 0 Å². The zero-order valence-corrected chi connectivity index (χ0v) is 10.0. The molecular formula is C11H10ClFN2O2. The van der Waals surface area contributed by atoms with Crippen molar-refractivity contribution in [3.63, 3.8) is 0 Å². The number of hydrogen-bond donors (Lipinski definition) is 1.